The van der Waals surface area contributed by atoms with E-state index in [0.717, 1.165) is 41.1 Å². The fraction of sp³-hybridized carbons (Fsp3) is 0.600. The van der Waals surface area contributed by atoms with E-state index in [2.05, 4.69) is 28.9 Å². The van der Waals surface area contributed by atoms with Crippen LogP contribution in [-0.2, 0) is 15.9 Å². The molecule has 0 radical (unpaired) electrons. The van der Waals surface area contributed by atoms with Crippen LogP contribution in [0.3, 0.4) is 0 Å². The highest BCUT2D eigenvalue weighted by Gasteiger charge is 2.39. The molecule has 8 heteroatoms. The molecule has 2 atom stereocenters. The summed E-state index contributed by atoms with van der Waals surface area (Å²) in [7, 11) is 1.65. The highest BCUT2D eigenvalue weighted by molar-refractivity contribution is 7.15. The first-order chi connectivity index (χ1) is 13.6. The van der Waals surface area contributed by atoms with Gasteiger partial charge in [0.25, 0.3) is 0 Å². The molecule has 1 aromatic heterocycles. The van der Waals surface area contributed by atoms with Crippen LogP contribution in [0.1, 0.15) is 18.9 Å². The van der Waals surface area contributed by atoms with Crippen molar-refractivity contribution >= 4 is 16.5 Å². The molecule has 2 aliphatic rings. The van der Waals surface area contributed by atoms with E-state index in [0.29, 0.717) is 19.1 Å². The molecular formula is C20H27N3O4S. The van der Waals surface area contributed by atoms with Gasteiger partial charge in [-0.2, -0.15) is 0 Å². The second-order valence-corrected chi connectivity index (χ2v) is 8.68. The van der Waals surface area contributed by atoms with Crippen molar-refractivity contribution in [2.75, 3.05) is 38.3 Å². The maximum atomic E-state index is 6.12. The first kappa shape index (κ1) is 19.4. The van der Waals surface area contributed by atoms with Crippen molar-refractivity contribution < 1.29 is 18.9 Å². The van der Waals surface area contributed by atoms with Gasteiger partial charge in [0.1, 0.15) is 34.8 Å². The lowest BCUT2D eigenvalue weighted by Gasteiger charge is -2.19. The number of rotatable bonds is 6. The molecule has 2 saturated heterocycles. The van der Waals surface area contributed by atoms with Gasteiger partial charge < -0.3 is 23.8 Å². The molecule has 1 aromatic carbocycles. The number of nitrogens with zero attached hydrogens (tertiary/aromatic N) is 3. The number of hydrogen-bond acceptors (Lipinski definition) is 8. The summed E-state index contributed by atoms with van der Waals surface area (Å²) in [6, 6.07) is 7.60. The fourth-order valence-corrected chi connectivity index (χ4v) is 4.54. The van der Waals surface area contributed by atoms with Crippen molar-refractivity contribution in [1.82, 2.24) is 10.2 Å². The zero-order valence-electron chi connectivity index (χ0n) is 16.5. The highest BCUT2D eigenvalue weighted by Crippen LogP contribution is 2.29. The Labute approximate surface area is 169 Å². The van der Waals surface area contributed by atoms with E-state index < -0.39 is 0 Å². The molecule has 2 fully saturated rings. The average molecular weight is 406 g/mol. The molecule has 0 N–H and O–H groups in total. The molecule has 0 unspecified atom stereocenters. The van der Waals surface area contributed by atoms with Gasteiger partial charge in [-0.3, -0.25) is 0 Å². The molecule has 0 saturated carbocycles. The zero-order chi connectivity index (χ0) is 19.5. The first-order valence-electron chi connectivity index (χ1n) is 9.72. The summed E-state index contributed by atoms with van der Waals surface area (Å²) in [4.78, 5) is 2.22. The summed E-state index contributed by atoms with van der Waals surface area (Å²) in [6.45, 7) is 6.93. The molecule has 7 nitrogen and oxygen atoms in total. The smallest absolute Gasteiger partial charge is 0.208 e. The average Bonchev–Trinajstić information content (AvgIpc) is 3.26. The molecule has 0 aliphatic carbocycles. The van der Waals surface area contributed by atoms with Crippen molar-refractivity contribution in [3.05, 3.63) is 29.3 Å². The Kier molecular flexibility index (Phi) is 5.99. The van der Waals surface area contributed by atoms with Gasteiger partial charge in [-0.15, -0.1) is 10.2 Å². The first-order valence-corrected chi connectivity index (χ1v) is 10.5. The second-order valence-electron chi connectivity index (χ2n) is 7.64. The van der Waals surface area contributed by atoms with Crippen molar-refractivity contribution in [2.24, 2.45) is 5.92 Å². The Balaban J connectivity index is 1.32. The zero-order valence-corrected chi connectivity index (χ0v) is 17.4. The summed E-state index contributed by atoms with van der Waals surface area (Å²) >= 11 is 1.67. The van der Waals surface area contributed by atoms with Gasteiger partial charge >= 0.3 is 0 Å². The van der Waals surface area contributed by atoms with Crippen LogP contribution in [-0.4, -0.2) is 61.9 Å². The van der Waals surface area contributed by atoms with Crippen molar-refractivity contribution in [2.45, 2.75) is 38.6 Å². The van der Waals surface area contributed by atoms with Gasteiger partial charge in [-0.25, -0.2) is 0 Å². The minimum Gasteiger partial charge on any atom is -0.497 e. The quantitative estimate of drug-likeness (QED) is 0.732. The Morgan fingerprint density at radius 3 is 2.54 bits per heavy atom. The monoisotopic (exact) mass is 405 g/mol. The van der Waals surface area contributed by atoms with Gasteiger partial charge in [-0.1, -0.05) is 31.3 Å². The fourth-order valence-electron chi connectivity index (χ4n) is 3.47. The Hall–Kier alpha value is -1.90. The highest BCUT2D eigenvalue weighted by atomic mass is 32.1. The van der Waals surface area contributed by atoms with Crippen molar-refractivity contribution in [3.8, 4) is 11.5 Å². The molecule has 0 amide bonds. The number of anilines is 1. The van der Waals surface area contributed by atoms with Gasteiger partial charge in [0.05, 0.1) is 20.3 Å². The summed E-state index contributed by atoms with van der Waals surface area (Å²) in [6.07, 6.45) is 0.882. The van der Waals surface area contributed by atoms with Crippen LogP contribution < -0.4 is 14.4 Å². The summed E-state index contributed by atoms with van der Waals surface area (Å²) in [5.41, 5.74) is 0. The molecule has 152 valence electrons. The predicted octanol–water partition coefficient (Wildman–Crippen LogP) is 2.80. The minimum atomic E-state index is -0.134. The Bertz CT molecular complexity index is 768. The van der Waals surface area contributed by atoms with Gasteiger partial charge in [0.15, 0.2) is 0 Å². The van der Waals surface area contributed by atoms with E-state index in [1.165, 1.54) is 0 Å². The van der Waals surface area contributed by atoms with E-state index in [1.54, 1.807) is 18.4 Å². The minimum absolute atomic E-state index is 0.0244. The van der Waals surface area contributed by atoms with Crippen LogP contribution >= 0.6 is 11.3 Å². The number of fused-ring (bicyclic) bond motifs is 1. The molecule has 3 heterocycles. The van der Waals surface area contributed by atoms with Crippen LogP contribution in [0.15, 0.2) is 24.3 Å². The van der Waals surface area contributed by atoms with E-state index in [9.17, 15) is 0 Å². The molecule has 4 rings (SSSR count). The standard InChI is InChI=1S/C20H27N3O4S/c1-13(2)7-19-21-22-20(28-19)23-9-17-18(10-23)26-12-16(11-25-17)27-15-6-4-5-14(8-15)24-3/h4-6,8,13,16-18H,7,9-12H2,1-3H3/t17-,18-/m0/s1. The number of benzene rings is 1. The number of methoxy groups -OCH3 is 1. The van der Waals surface area contributed by atoms with E-state index >= 15 is 0 Å². The van der Waals surface area contributed by atoms with Crippen LogP contribution in [0.5, 0.6) is 11.5 Å². The maximum Gasteiger partial charge on any atom is 0.208 e. The van der Waals surface area contributed by atoms with Crippen LogP contribution in [0, 0.1) is 5.92 Å². The molecule has 2 aromatic rings. The lowest BCUT2D eigenvalue weighted by Crippen LogP contribution is -2.29. The van der Waals surface area contributed by atoms with Gasteiger partial charge in [0, 0.05) is 25.6 Å². The van der Waals surface area contributed by atoms with Crippen molar-refractivity contribution in [3.63, 3.8) is 0 Å². The van der Waals surface area contributed by atoms with E-state index in [4.69, 9.17) is 18.9 Å². The molecular weight excluding hydrogens is 378 g/mol. The summed E-state index contributed by atoms with van der Waals surface area (Å²) in [5.74, 6) is 2.12. The Morgan fingerprint density at radius 1 is 1.14 bits per heavy atom. The summed E-state index contributed by atoms with van der Waals surface area (Å²) in [5, 5.41) is 10.7. The van der Waals surface area contributed by atoms with E-state index in [-0.39, 0.29) is 18.3 Å². The number of hydrogen-bond donors (Lipinski definition) is 0. The third kappa shape index (κ3) is 4.56. The number of ether oxygens (including phenoxy) is 4. The van der Waals surface area contributed by atoms with Crippen LogP contribution in [0.25, 0.3) is 0 Å². The normalized spacial score (nSPS) is 22.9. The van der Waals surface area contributed by atoms with Crippen molar-refractivity contribution in [1.29, 1.82) is 0 Å². The second kappa shape index (κ2) is 8.63. The lowest BCUT2D eigenvalue weighted by molar-refractivity contribution is -0.00461. The Morgan fingerprint density at radius 2 is 1.86 bits per heavy atom. The van der Waals surface area contributed by atoms with Gasteiger partial charge in [-0.05, 0) is 18.1 Å². The maximum absolute atomic E-state index is 6.12. The predicted molar refractivity (Wildman–Crippen MR) is 108 cm³/mol. The van der Waals surface area contributed by atoms with Gasteiger partial charge in [0.2, 0.25) is 5.13 Å². The summed E-state index contributed by atoms with van der Waals surface area (Å²) < 4.78 is 23.5. The molecule has 0 spiro atoms. The number of aromatic nitrogens is 2. The van der Waals surface area contributed by atoms with Crippen LogP contribution in [0.2, 0.25) is 0 Å². The SMILES string of the molecule is COc1cccc(OC2CO[C@H]3CN(c4nnc(CC(C)C)s4)C[C@@H]3OC2)c1. The topological polar surface area (TPSA) is 65.9 Å². The molecule has 0 bridgehead atoms. The molecule has 28 heavy (non-hydrogen) atoms. The molecule has 2 aliphatic heterocycles. The largest absolute Gasteiger partial charge is 0.497 e. The lowest BCUT2D eigenvalue weighted by atomic mass is 10.1. The van der Waals surface area contributed by atoms with E-state index in [1.807, 2.05) is 24.3 Å². The van der Waals surface area contributed by atoms with Crippen LogP contribution in [0.4, 0.5) is 5.13 Å². The third-order valence-electron chi connectivity index (χ3n) is 4.86. The third-order valence-corrected chi connectivity index (χ3v) is 5.87.